The molecule has 1 saturated carbocycles. The van der Waals surface area contributed by atoms with Crippen molar-refractivity contribution >= 4 is 29.3 Å². The van der Waals surface area contributed by atoms with Gasteiger partial charge in [0, 0.05) is 68.0 Å². The second-order valence-electron chi connectivity index (χ2n) is 13.7. The molecule has 0 unspecified atom stereocenters. The third kappa shape index (κ3) is 6.91. The first kappa shape index (κ1) is 34.5. The number of fused-ring (bicyclic) bond motifs is 2. The van der Waals surface area contributed by atoms with Crippen LogP contribution in [0.4, 0.5) is 0 Å². The van der Waals surface area contributed by atoms with E-state index in [0.29, 0.717) is 35.6 Å². The SMILES string of the molecule is CCc1c(-c2ccc3c(c2)cc(CN2C[C@H]4CCC[C@@H](N(Cc5ccccc5)Cc5ccccc5)[C@H]4C2)n3C)[nH]c(=O)c(C(=O)O)c1O.Cl. The number of aromatic carboxylic acids is 1. The zero-order valence-corrected chi connectivity index (χ0v) is 29.0. The smallest absolute Gasteiger partial charge is 0.345 e. The third-order valence-corrected chi connectivity index (χ3v) is 10.7. The summed E-state index contributed by atoms with van der Waals surface area (Å²) in [6.45, 7) is 6.80. The van der Waals surface area contributed by atoms with Crippen LogP contribution in [0.25, 0.3) is 22.2 Å². The van der Waals surface area contributed by atoms with Crippen LogP contribution in [0.2, 0.25) is 0 Å². The quantitative estimate of drug-likeness (QED) is 0.144. The zero-order chi connectivity index (χ0) is 33.4. The van der Waals surface area contributed by atoms with Gasteiger partial charge in [-0.3, -0.25) is 14.6 Å². The lowest BCUT2D eigenvalue weighted by Gasteiger charge is -2.41. The number of nitrogens with zero attached hydrogens (tertiary/aromatic N) is 3. The van der Waals surface area contributed by atoms with E-state index in [9.17, 15) is 19.8 Å². The van der Waals surface area contributed by atoms with Crippen molar-refractivity contribution in [2.75, 3.05) is 13.1 Å². The molecule has 7 rings (SSSR count). The number of pyridine rings is 1. The molecule has 2 aromatic heterocycles. The second kappa shape index (κ2) is 14.6. The Morgan fingerprint density at radius 3 is 2.24 bits per heavy atom. The van der Waals surface area contributed by atoms with Crippen LogP contribution < -0.4 is 5.56 Å². The fourth-order valence-corrected chi connectivity index (χ4v) is 8.40. The van der Waals surface area contributed by atoms with Gasteiger partial charge in [0.1, 0.15) is 5.75 Å². The number of benzene rings is 3. The number of carboxylic acids is 1. The molecule has 3 atom stereocenters. The number of aryl methyl sites for hydroxylation is 1. The van der Waals surface area contributed by atoms with Crippen LogP contribution >= 0.6 is 12.4 Å². The molecule has 3 heterocycles. The molecule has 0 bridgehead atoms. The first-order chi connectivity index (χ1) is 23.3. The molecule has 3 aromatic carbocycles. The zero-order valence-electron chi connectivity index (χ0n) is 28.1. The molecule has 1 saturated heterocycles. The largest absolute Gasteiger partial charge is 0.506 e. The molecule has 3 N–H and O–H groups in total. The van der Waals surface area contributed by atoms with Crippen molar-refractivity contribution in [3.05, 3.63) is 123 Å². The van der Waals surface area contributed by atoms with Crippen LogP contribution in [-0.4, -0.2) is 54.7 Å². The Labute approximate surface area is 293 Å². The second-order valence-corrected chi connectivity index (χ2v) is 13.7. The summed E-state index contributed by atoms with van der Waals surface area (Å²) in [5, 5.41) is 21.2. The number of halogens is 1. The number of rotatable bonds is 10. The molecule has 0 amide bonds. The molecule has 1 aliphatic heterocycles. The van der Waals surface area contributed by atoms with Crippen molar-refractivity contribution in [3.8, 4) is 17.0 Å². The van der Waals surface area contributed by atoms with Gasteiger partial charge < -0.3 is 19.8 Å². The number of hydrogen-bond donors (Lipinski definition) is 3. The van der Waals surface area contributed by atoms with E-state index in [4.69, 9.17) is 0 Å². The lowest BCUT2D eigenvalue weighted by molar-refractivity contribution is 0.0691. The minimum atomic E-state index is -1.44. The van der Waals surface area contributed by atoms with Crippen LogP contribution in [0.5, 0.6) is 5.75 Å². The highest BCUT2D eigenvalue weighted by molar-refractivity contribution is 5.92. The monoisotopic (exact) mass is 680 g/mol. The first-order valence-electron chi connectivity index (χ1n) is 17.1. The van der Waals surface area contributed by atoms with E-state index in [1.807, 2.05) is 25.1 Å². The number of hydrogen-bond acceptors (Lipinski definition) is 5. The first-order valence-corrected chi connectivity index (χ1v) is 17.1. The van der Waals surface area contributed by atoms with Crippen LogP contribution in [0.15, 0.2) is 89.7 Å². The average molecular weight is 681 g/mol. The number of carboxylic acid groups (broad SMARTS) is 1. The number of H-pyrrole nitrogens is 1. The van der Waals surface area contributed by atoms with E-state index < -0.39 is 22.8 Å². The molecule has 1 aliphatic carbocycles. The Balaban J connectivity index is 0.00000417. The molecule has 9 heteroatoms. The van der Waals surface area contributed by atoms with Gasteiger partial charge in [0.25, 0.3) is 5.56 Å². The van der Waals surface area contributed by atoms with Crippen LogP contribution in [-0.2, 0) is 33.1 Å². The molecule has 5 aromatic rings. The number of aromatic amines is 1. The summed E-state index contributed by atoms with van der Waals surface area (Å²) in [5.74, 6) is -0.591. The summed E-state index contributed by atoms with van der Waals surface area (Å²) < 4.78 is 2.25. The van der Waals surface area contributed by atoms with Crippen LogP contribution in [0, 0.1) is 11.8 Å². The number of aromatic nitrogens is 2. The molecule has 0 spiro atoms. The minimum absolute atomic E-state index is 0. The molecule has 8 nitrogen and oxygen atoms in total. The minimum Gasteiger partial charge on any atom is -0.506 e. The fourth-order valence-electron chi connectivity index (χ4n) is 8.40. The summed E-state index contributed by atoms with van der Waals surface area (Å²) in [6, 6.07) is 30.5. The Morgan fingerprint density at radius 1 is 0.939 bits per heavy atom. The van der Waals surface area contributed by atoms with E-state index >= 15 is 0 Å². The standard InChI is InChI=1S/C40H44N4O4.ClH/c1-3-32-37(41-39(46)36(38(32)45)40(47)48)28-17-18-34-30(19-28)20-31(42(34)2)24-43-23-29-15-10-16-35(33(29)25-43)44(21-26-11-6-4-7-12-26)22-27-13-8-5-9-14-27;/h4-9,11-14,17-20,29,33,35H,3,10,15-16,21-25H2,1-2H3,(H,47,48)(H2,41,45,46);1H/t29-,33+,35-;/m1./s1. The van der Waals surface area contributed by atoms with Gasteiger partial charge in [-0.15, -0.1) is 12.4 Å². The van der Waals surface area contributed by atoms with Crippen molar-refractivity contribution in [1.82, 2.24) is 19.4 Å². The van der Waals surface area contributed by atoms with Gasteiger partial charge in [-0.05, 0) is 66.0 Å². The molecule has 0 radical (unpaired) electrons. The Kier molecular flexibility index (Phi) is 10.3. The highest BCUT2D eigenvalue weighted by Crippen LogP contribution is 2.41. The number of aromatic hydroxyl groups is 1. The maximum Gasteiger partial charge on any atom is 0.345 e. The van der Waals surface area contributed by atoms with Crippen molar-refractivity contribution in [2.24, 2.45) is 18.9 Å². The number of carbonyl (C=O) groups is 1. The van der Waals surface area contributed by atoms with Crippen LogP contribution in [0.3, 0.4) is 0 Å². The predicted molar refractivity (Wildman–Crippen MR) is 196 cm³/mol. The summed E-state index contributed by atoms with van der Waals surface area (Å²) in [4.78, 5) is 32.3. The molecule has 2 aliphatic rings. The van der Waals surface area contributed by atoms with Gasteiger partial charge in [0.2, 0.25) is 0 Å². The topological polar surface area (TPSA) is 102 Å². The van der Waals surface area contributed by atoms with Crippen molar-refractivity contribution < 1.29 is 15.0 Å². The Hall–Kier alpha value is -4.37. The predicted octanol–water partition coefficient (Wildman–Crippen LogP) is 7.22. The van der Waals surface area contributed by atoms with Crippen molar-refractivity contribution in [3.63, 3.8) is 0 Å². The van der Waals surface area contributed by atoms with Crippen molar-refractivity contribution in [2.45, 2.75) is 58.3 Å². The van der Waals surface area contributed by atoms with E-state index in [-0.39, 0.29) is 12.4 Å². The lowest BCUT2D eigenvalue weighted by Crippen LogP contribution is -2.45. The number of likely N-dealkylation sites (tertiary alicyclic amines) is 1. The summed E-state index contributed by atoms with van der Waals surface area (Å²) in [7, 11) is 2.11. The van der Waals surface area contributed by atoms with E-state index in [1.165, 1.54) is 36.1 Å². The van der Waals surface area contributed by atoms with Crippen molar-refractivity contribution in [1.29, 1.82) is 0 Å². The maximum absolute atomic E-state index is 12.6. The molecule has 2 fully saturated rings. The molecular formula is C40H45ClN4O4. The average Bonchev–Trinajstić information content (AvgIpc) is 3.64. The third-order valence-electron chi connectivity index (χ3n) is 10.7. The van der Waals surface area contributed by atoms with E-state index in [0.717, 1.165) is 49.2 Å². The highest BCUT2D eigenvalue weighted by Gasteiger charge is 2.42. The van der Waals surface area contributed by atoms with Crippen LogP contribution in [0.1, 0.15) is 58.9 Å². The van der Waals surface area contributed by atoms with Gasteiger partial charge in [0.05, 0.1) is 5.69 Å². The summed E-state index contributed by atoms with van der Waals surface area (Å²) in [5.41, 5.74) is 5.26. The van der Waals surface area contributed by atoms with Gasteiger partial charge >= 0.3 is 5.97 Å². The van der Waals surface area contributed by atoms with E-state index in [1.54, 1.807) is 0 Å². The normalized spacial score (nSPS) is 19.2. The molecular weight excluding hydrogens is 636 g/mol. The molecule has 49 heavy (non-hydrogen) atoms. The summed E-state index contributed by atoms with van der Waals surface area (Å²) >= 11 is 0. The lowest BCUT2D eigenvalue weighted by atomic mass is 9.77. The Morgan fingerprint density at radius 2 is 1.61 bits per heavy atom. The van der Waals surface area contributed by atoms with Gasteiger partial charge in [0.15, 0.2) is 5.56 Å². The van der Waals surface area contributed by atoms with Gasteiger partial charge in [-0.2, -0.15) is 0 Å². The Bertz CT molecular complexity index is 1950. The molecule has 256 valence electrons. The van der Waals surface area contributed by atoms with Gasteiger partial charge in [-0.25, -0.2) is 4.79 Å². The van der Waals surface area contributed by atoms with Gasteiger partial charge in [-0.1, -0.05) is 80.1 Å². The number of nitrogens with one attached hydrogen (secondary N) is 1. The maximum atomic E-state index is 12.6. The van der Waals surface area contributed by atoms with E-state index in [2.05, 4.69) is 93.1 Å². The fraction of sp³-hybridized carbons (Fsp3) is 0.350. The highest BCUT2D eigenvalue weighted by atomic mass is 35.5. The summed E-state index contributed by atoms with van der Waals surface area (Å²) in [6.07, 6.45) is 4.16.